The second-order valence-corrected chi connectivity index (χ2v) is 3.02. The van der Waals surface area contributed by atoms with Crippen LogP contribution in [0.15, 0.2) is 24.4 Å². The van der Waals surface area contributed by atoms with Gasteiger partial charge in [-0.25, -0.2) is 0 Å². The highest BCUT2D eigenvalue weighted by atomic mass is 19.4. The monoisotopic (exact) mass is 218 g/mol. The van der Waals surface area contributed by atoms with Gasteiger partial charge in [0, 0.05) is 6.07 Å². The molecule has 0 aliphatic heterocycles. The predicted molar refractivity (Wildman–Crippen MR) is 47.3 cm³/mol. The number of alkyl halides is 3. The van der Waals surface area contributed by atoms with E-state index in [2.05, 4.69) is 16.8 Å². The number of hydrogen-bond acceptors (Lipinski definition) is 3. The first kappa shape index (κ1) is 11.5. The topological polar surface area (TPSA) is 35.0 Å². The van der Waals surface area contributed by atoms with Crippen molar-refractivity contribution in [3.05, 3.63) is 30.1 Å². The quantitative estimate of drug-likeness (QED) is 0.731. The molecular weight excluding hydrogens is 209 g/mol. The van der Waals surface area contributed by atoms with Crippen LogP contribution in [-0.2, 0) is 6.18 Å². The molecule has 0 N–H and O–H groups in total. The average molecular weight is 218 g/mol. The van der Waals surface area contributed by atoms with Crippen LogP contribution in [0.1, 0.15) is 12.6 Å². The molecule has 0 aliphatic carbocycles. The van der Waals surface area contributed by atoms with Crippen molar-refractivity contribution in [1.82, 2.24) is 10.2 Å². The van der Waals surface area contributed by atoms with Crippen molar-refractivity contribution in [1.29, 1.82) is 0 Å². The molecule has 15 heavy (non-hydrogen) atoms. The summed E-state index contributed by atoms with van der Waals surface area (Å²) in [7, 11) is 0. The summed E-state index contributed by atoms with van der Waals surface area (Å²) in [4.78, 5) is 0. The molecule has 3 nitrogen and oxygen atoms in total. The fourth-order valence-electron chi connectivity index (χ4n) is 0.773. The second-order valence-electron chi connectivity index (χ2n) is 3.02. The predicted octanol–water partition coefficient (Wildman–Crippen LogP) is 2.45. The van der Waals surface area contributed by atoms with Crippen LogP contribution in [0.5, 0.6) is 5.75 Å². The Labute approximate surface area is 84.6 Å². The maximum absolute atomic E-state index is 12.2. The maximum Gasteiger partial charge on any atom is 0.435 e. The number of halogens is 3. The normalized spacial score (nSPS) is 11.2. The summed E-state index contributed by atoms with van der Waals surface area (Å²) in [5, 5.41) is 6.16. The third-order valence-corrected chi connectivity index (χ3v) is 1.41. The molecule has 0 unspecified atom stereocenters. The number of aromatic nitrogens is 2. The van der Waals surface area contributed by atoms with Gasteiger partial charge in [-0.2, -0.15) is 18.3 Å². The lowest BCUT2D eigenvalue weighted by atomic mass is 10.3. The van der Waals surface area contributed by atoms with E-state index in [9.17, 15) is 13.2 Å². The summed E-state index contributed by atoms with van der Waals surface area (Å²) < 4.78 is 41.6. The Morgan fingerprint density at radius 3 is 2.73 bits per heavy atom. The SMILES string of the molecule is C=C(C)COc1cnnc(C(F)(F)F)c1. The fourth-order valence-corrected chi connectivity index (χ4v) is 0.773. The molecule has 0 radical (unpaired) electrons. The first-order valence-corrected chi connectivity index (χ1v) is 4.06. The molecule has 0 bridgehead atoms. The zero-order valence-electron chi connectivity index (χ0n) is 8.01. The highest BCUT2D eigenvalue weighted by molar-refractivity contribution is 5.21. The Bertz CT molecular complexity index is 363. The van der Waals surface area contributed by atoms with Gasteiger partial charge in [-0.05, 0) is 12.5 Å². The standard InChI is InChI=1S/C9H9F3N2O/c1-6(2)5-15-7-3-8(9(10,11)12)14-13-4-7/h3-4H,1,5H2,2H3. The molecule has 0 spiro atoms. The summed E-state index contributed by atoms with van der Waals surface area (Å²) in [6.45, 7) is 5.42. The van der Waals surface area contributed by atoms with E-state index in [4.69, 9.17) is 4.74 Å². The van der Waals surface area contributed by atoms with E-state index in [1.54, 1.807) is 6.92 Å². The molecule has 0 atom stereocenters. The number of ether oxygens (including phenoxy) is 1. The van der Waals surface area contributed by atoms with E-state index in [1.807, 2.05) is 0 Å². The smallest absolute Gasteiger partial charge is 0.435 e. The van der Waals surface area contributed by atoms with Gasteiger partial charge in [0.05, 0.1) is 6.20 Å². The van der Waals surface area contributed by atoms with E-state index in [1.165, 1.54) is 0 Å². The van der Waals surface area contributed by atoms with Crippen LogP contribution >= 0.6 is 0 Å². The first-order valence-electron chi connectivity index (χ1n) is 4.06. The van der Waals surface area contributed by atoms with Gasteiger partial charge in [0.1, 0.15) is 12.4 Å². The van der Waals surface area contributed by atoms with Crippen molar-refractivity contribution in [2.75, 3.05) is 6.61 Å². The van der Waals surface area contributed by atoms with E-state index < -0.39 is 11.9 Å². The van der Waals surface area contributed by atoms with Gasteiger partial charge in [-0.1, -0.05) is 6.58 Å². The van der Waals surface area contributed by atoms with Crippen LogP contribution in [0.2, 0.25) is 0 Å². The highest BCUT2D eigenvalue weighted by Crippen LogP contribution is 2.28. The third-order valence-electron chi connectivity index (χ3n) is 1.41. The van der Waals surface area contributed by atoms with Gasteiger partial charge < -0.3 is 4.74 Å². The molecule has 0 aliphatic rings. The minimum absolute atomic E-state index is 0.0281. The van der Waals surface area contributed by atoms with Crippen LogP contribution in [-0.4, -0.2) is 16.8 Å². The summed E-state index contributed by atoms with van der Waals surface area (Å²) in [5.41, 5.74) is -0.359. The Morgan fingerprint density at radius 2 is 2.20 bits per heavy atom. The third kappa shape index (κ3) is 3.57. The molecule has 1 rings (SSSR count). The lowest BCUT2D eigenvalue weighted by molar-refractivity contribution is -0.141. The van der Waals surface area contributed by atoms with E-state index in [-0.39, 0.29) is 12.4 Å². The average Bonchev–Trinajstić information content (AvgIpc) is 2.14. The first-order chi connectivity index (χ1) is 6.89. The van der Waals surface area contributed by atoms with Crippen molar-refractivity contribution in [3.8, 4) is 5.75 Å². The Kier molecular flexibility index (Phi) is 3.28. The van der Waals surface area contributed by atoms with E-state index in [0.717, 1.165) is 12.3 Å². The van der Waals surface area contributed by atoms with Crippen LogP contribution in [0, 0.1) is 0 Å². The van der Waals surface area contributed by atoms with Crippen LogP contribution in [0.25, 0.3) is 0 Å². The molecule has 1 aromatic heterocycles. The lowest BCUT2D eigenvalue weighted by Crippen LogP contribution is -2.09. The zero-order chi connectivity index (χ0) is 11.5. The molecule has 0 fully saturated rings. The molecule has 6 heteroatoms. The van der Waals surface area contributed by atoms with Crippen molar-refractivity contribution in [3.63, 3.8) is 0 Å². The Balaban J connectivity index is 2.79. The second kappa shape index (κ2) is 4.29. The molecule has 0 saturated carbocycles. The molecular formula is C9H9F3N2O. The van der Waals surface area contributed by atoms with Gasteiger partial charge in [0.2, 0.25) is 0 Å². The molecule has 0 amide bonds. The summed E-state index contributed by atoms with van der Waals surface area (Å²) in [6.07, 6.45) is -3.38. The van der Waals surface area contributed by atoms with E-state index >= 15 is 0 Å². The van der Waals surface area contributed by atoms with Gasteiger partial charge in [-0.15, -0.1) is 5.10 Å². The van der Waals surface area contributed by atoms with E-state index in [0.29, 0.717) is 5.57 Å². The molecule has 82 valence electrons. The molecule has 0 aromatic carbocycles. The van der Waals surface area contributed by atoms with Crippen molar-refractivity contribution in [2.24, 2.45) is 0 Å². The van der Waals surface area contributed by atoms with Crippen LogP contribution in [0.4, 0.5) is 13.2 Å². The number of hydrogen-bond donors (Lipinski definition) is 0. The van der Waals surface area contributed by atoms with Gasteiger partial charge >= 0.3 is 6.18 Å². The van der Waals surface area contributed by atoms with Gasteiger partial charge in [-0.3, -0.25) is 0 Å². The van der Waals surface area contributed by atoms with Gasteiger partial charge in [0.25, 0.3) is 0 Å². The van der Waals surface area contributed by atoms with Crippen molar-refractivity contribution in [2.45, 2.75) is 13.1 Å². The molecule has 1 aromatic rings. The van der Waals surface area contributed by atoms with Crippen molar-refractivity contribution < 1.29 is 17.9 Å². The Morgan fingerprint density at radius 1 is 1.53 bits per heavy atom. The van der Waals surface area contributed by atoms with Gasteiger partial charge in [0.15, 0.2) is 5.69 Å². The van der Waals surface area contributed by atoms with Crippen molar-refractivity contribution >= 4 is 0 Å². The molecule has 1 heterocycles. The maximum atomic E-state index is 12.2. The largest absolute Gasteiger partial charge is 0.488 e. The van der Waals surface area contributed by atoms with Crippen LogP contribution < -0.4 is 4.74 Å². The highest BCUT2D eigenvalue weighted by Gasteiger charge is 2.33. The summed E-state index contributed by atoms with van der Waals surface area (Å²) in [6, 6.07) is 0.802. The molecule has 0 saturated heterocycles. The Hall–Kier alpha value is -1.59. The summed E-state index contributed by atoms with van der Waals surface area (Å²) in [5.74, 6) is 0.0281. The number of nitrogens with zero attached hydrogens (tertiary/aromatic N) is 2. The minimum Gasteiger partial charge on any atom is -0.488 e. The lowest BCUT2D eigenvalue weighted by Gasteiger charge is -2.08. The summed E-state index contributed by atoms with van der Waals surface area (Å²) >= 11 is 0. The minimum atomic E-state index is -4.50. The van der Waals surface area contributed by atoms with Crippen LogP contribution in [0.3, 0.4) is 0 Å². The number of rotatable bonds is 3. The fraction of sp³-hybridized carbons (Fsp3) is 0.333. The zero-order valence-corrected chi connectivity index (χ0v) is 8.01.